The Morgan fingerprint density at radius 3 is 2.24 bits per heavy atom. The molecule has 2 aromatic carbocycles. The lowest BCUT2D eigenvalue weighted by molar-refractivity contribution is -0.145. The Balaban J connectivity index is 1.41. The third-order valence-electron chi connectivity index (χ3n) is 6.59. The van der Waals surface area contributed by atoms with Gasteiger partial charge in [0.25, 0.3) is 0 Å². The van der Waals surface area contributed by atoms with E-state index in [1.165, 1.54) is 0 Å². The number of rotatable bonds is 6. The summed E-state index contributed by atoms with van der Waals surface area (Å²) in [6.45, 7) is 3.91. The van der Waals surface area contributed by atoms with Crippen LogP contribution in [-0.4, -0.2) is 52.7 Å². The zero-order valence-electron chi connectivity index (χ0n) is 19.0. The summed E-state index contributed by atoms with van der Waals surface area (Å²) in [6.07, 6.45) is 1.61. The smallest absolute Gasteiger partial charge is 0.408 e. The highest BCUT2D eigenvalue weighted by Gasteiger charge is 2.39. The van der Waals surface area contributed by atoms with Gasteiger partial charge in [-0.15, -0.1) is 0 Å². The standard InChI is InChI=1S/C26H30N2O5/c1-26(2,24(31)28-14-8-7-9-17(28)15-23(29)30)27-25(32)33-16-22-20-12-5-3-10-18(20)19-11-4-6-13-21(19)22/h3-6,10-13,17,22H,7-9,14-16H2,1-2H3,(H,27,32)(H,29,30)/t17-/m1/s1. The Morgan fingerprint density at radius 2 is 1.64 bits per heavy atom. The second-order valence-electron chi connectivity index (χ2n) is 9.32. The lowest BCUT2D eigenvalue weighted by Crippen LogP contribution is -2.59. The fourth-order valence-corrected chi connectivity index (χ4v) is 4.98. The first kappa shape index (κ1) is 22.8. The van der Waals surface area contributed by atoms with Crippen molar-refractivity contribution in [2.75, 3.05) is 13.2 Å². The van der Waals surface area contributed by atoms with Crippen molar-refractivity contribution < 1.29 is 24.2 Å². The second-order valence-corrected chi connectivity index (χ2v) is 9.32. The summed E-state index contributed by atoms with van der Waals surface area (Å²) in [6, 6.07) is 15.8. The monoisotopic (exact) mass is 450 g/mol. The van der Waals surface area contributed by atoms with Crippen LogP contribution in [0.3, 0.4) is 0 Å². The Kier molecular flexibility index (Phi) is 6.40. The third-order valence-corrected chi connectivity index (χ3v) is 6.59. The zero-order valence-corrected chi connectivity index (χ0v) is 19.0. The van der Waals surface area contributed by atoms with E-state index in [9.17, 15) is 19.5 Å². The highest BCUT2D eigenvalue weighted by atomic mass is 16.5. The molecule has 1 saturated heterocycles. The number of aliphatic carboxylic acids is 1. The Labute approximate surface area is 193 Å². The molecule has 2 amide bonds. The largest absolute Gasteiger partial charge is 0.481 e. The van der Waals surface area contributed by atoms with Crippen molar-refractivity contribution in [1.82, 2.24) is 10.2 Å². The molecule has 33 heavy (non-hydrogen) atoms. The third kappa shape index (κ3) is 4.72. The van der Waals surface area contributed by atoms with Gasteiger partial charge in [0, 0.05) is 18.5 Å². The fraction of sp³-hybridized carbons (Fsp3) is 0.423. The lowest BCUT2D eigenvalue weighted by atomic mass is 9.95. The van der Waals surface area contributed by atoms with Crippen LogP contribution in [0.5, 0.6) is 0 Å². The molecule has 0 aromatic heterocycles. The summed E-state index contributed by atoms with van der Waals surface area (Å²) in [5.41, 5.74) is 3.31. The van der Waals surface area contributed by atoms with Crippen molar-refractivity contribution in [3.63, 3.8) is 0 Å². The number of carbonyl (C=O) groups is 3. The van der Waals surface area contributed by atoms with Crippen LogP contribution in [-0.2, 0) is 14.3 Å². The molecule has 2 N–H and O–H groups in total. The van der Waals surface area contributed by atoms with Crippen molar-refractivity contribution in [2.45, 2.75) is 57.0 Å². The van der Waals surface area contributed by atoms with Crippen molar-refractivity contribution in [3.05, 3.63) is 59.7 Å². The van der Waals surface area contributed by atoms with E-state index in [-0.39, 0.29) is 30.9 Å². The van der Waals surface area contributed by atoms with Gasteiger partial charge in [-0.05, 0) is 55.4 Å². The number of hydrogen-bond acceptors (Lipinski definition) is 4. The van der Waals surface area contributed by atoms with Crippen molar-refractivity contribution >= 4 is 18.0 Å². The number of carbonyl (C=O) groups excluding carboxylic acids is 2. The van der Waals surface area contributed by atoms with Gasteiger partial charge < -0.3 is 20.1 Å². The van der Waals surface area contributed by atoms with Gasteiger partial charge in [0.15, 0.2) is 0 Å². The minimum atomic E-state index is -1.21. The topological polar surface area (TPSA) is 95.9 Å². The molecule has 7 nitrogen and oxygen atoms in total. The molecule has 0 unspecified atom stereocenters. The molecule has 2 aromatic rings. The molecule has 1 heterocycles. The average molecular weight is 451 g/mol. The number of fused-ring (bicyclic) bond motifs is 3. The van der Waals surface area contributed by atoms with Crippen LogP contribution in [0.25, 0.3) is 11.1 Å². The molecule has 174 valence electrons. The first-order valence-corrected chi connectivity index (χ1v) is 11.4. The highest BCUT2D eigenvalue weighted by molar-refractivity contribution is 5.90. The van der Waals surface area contributed by atoms with E-state index in [4.69, 9.17) is 4.74 Å². The number of ether oxygens (including phenoxy) is 1. The van der Waals surface area contributed by atoms with Gasteiger partial charge in [-0.2, -0.15) is 0 Å². The van der Waals surface area contributed by atoms with E-state index in [0.29, 0.717) is 13.0 Å². The predicted molar refractivity (Wildman–Crippen MR) is 124 cm³/mol. The van der Waals surface area contributed by atoms with Gasteiger partial charge in [-0.3, -0.25) is 9.59 Å². The molecule has 1 aliphatic carbocycles. The van der Waals surface area contributed by atoms with Gasteiger partial charge in [0.05, 0.1) is 6.42 Å². The van der Waals surface area contributed by atoms with E-state index in [0.717, 1.165) is 35.1 Å². The molecular weight excluding hydrogens is 420 g/mol. The molecule has 1 fully saturated rings. The summed E-state index contributed by atoms with van der Waals surface area (Å²) in [5.74, 6) is -1.28. The van der Waals surface area contributed by atoms with Crippen LogP contribution in [0, 0.1) is 0 Å². The van der Waals surface area contributed by atoms with E-state index in [1.54, 1.807) is 18.7 Å². The fourth-order valence-electron chi connectivity index (χ4n) is 4.98. The zero-order chi connectivity index (χ0) is 23.6. The summed E-state index contributed by atoms with van der Waals surface area (Å²) >= 11 is 0. The van der Waals surface area contributed by atoms with Gasteiger partial charge >= 0.3 is 12.1 Å². The number of amides is 2. The second kappa shape index (κ2) is 9.25. The number of carboxylic acids is 1. The molecule has 4 rings (SSSR count). The van der Waals surface area contributed by atoms with E-state index >= 15 is 0 Å². The quantitative estimate of drug-likeness (QED) is 0.689. The first-order chi connectivity index (χ1) is 15.8. The Bertz CT molecular complexity index is 1020. The first-order valence-electron chi connectivity index (χ1n) is 11.4. The number of hydrogen-bond donors (Lipinski definition) is 2. The minimum Gasteiger partial charge on any atom is -0.481 e. The van der Waals surface area contributed by atoms with Crippen LogP contribution in [0.15, 0.2) is 48.5 Å². The molecule has 0 spiro atoms. The maximum absolute atomic E-state index is 13.2. The number of benzene rings is 2. The molecule has 0 saturated carbocycles. The minimum absolute atomic E-state index is 0.0657. The summed E-state index contributed by atoms with van der Waals surface area (Å²) in [7, 11) is 0. The van der Waals surface area contributed by atoms with E-state index < -0.39 is 17.6 Å². The highest BCUT2D eigenvalue weighted by Crippen LogP contribution is 2.44. The molecule has 1 atom stereocenters. The maximum atomic E-state index is 13.2. The number of nitrogens with one attached hydrogen (secondary N) is 1. The molecule has 1 aliphatic heterocycles. The normalized spacial score (nSPS) is 17.8. The number of alkyl carbamates (subject to hydrolysis) is 1. The molecular formula is C26H30N2O5. The van der Waals surface area contributed by atoms with Crippen LogP contribution in [0.4, 0.5) is 4.79 Å². The van der Waals surface area contributed by atoms with Crippen LogP contribution >= 0.6 is 0 Å². The van der Waals surface area contributed by atoms with Crippen molar-refractivity contribution in [2.24, 2.45) is 0 Å². The average Bonchev–Trinajstić information content (AvgIpc) is 3.11. The molecule has 7 heteroatoms. The maximum Gasteiger partial charge on any atom is 0.408 e. The Morgan fingerprint density at radius 1 is 1.03 bits per heavy atom. The summed E-state index contributed by atoms with van der Waals surface area (Å²) in [4.78, 5) is 38.7. The van der Waals surface area contributed by atoms with Gasteiger partial charge in [0.2, 0.25) is 5.91 Å². The number of nitrogens with zero attached hydrogens (tertiary/aromatic N) is 1. The number of likely N-dealkylation sites (tertiary alicyclic amines) is 1. The lowest BCUT2D eigenvalue weighted by Gasteiger charge is -2.39. The van der Waals surface area contributed by atoms with Gasteiger partial charge in [0.1, 0.15) is 12.1 Å². The molecule has 2 aliphatic rings. The van der Waals surface area contributed by atoms with Gasteiger partial charge in [-0.25, -0.2) is 4.79 Å². The van der Waals surface area contributed by atoms with Crippen LogP contribution in [0.1, 0.15) is 56.6 Å². The summed E-state index contributed by atoms with van der Waals surface area (Å²) < 4.78 is 5.59. The number of carboxylic acid groups (broad SMARTS) is 1. The van der Waals surface area contributed by atoms with Gasteiger partial charge in [-0.1, -0.05) is 48.5 Å². The number of piperidine rings is 1. The van der Waals surface area contributed by atoms with Crippen LogP contribution in [0.2, 0.25) is 0 Å². The molecule has 0 bridgehead atoms. The molecule has 0 radical (unpaired) electrons. The predicted octanol–water partition coefficient (Wildman–Crippen LogP) is 4.16. The van der Waals surface area contributed by atoms with Crippen molar-refractivity contribution in [1.29, 1.82) is 0 Å². The Hall–Kier alpha value is -3.35. The van der Waals surface area contributed by atoms with Crippen molar-refractivity contribution in [3.8, 4) is 11.1 Å². The van der Waals surface area contributed by atoms with Crippen LogP contribution < -0.4 is 5.32 Å². The van der Waals surface area contributed by atoms with E-state index in [2.05, 4.69) is 17.4 Å². The SMILES string of the molecule is CC(C)(NC(=O)OCC1c2ccccc2-c2ccccc21)C(=O)N1CCCC[C@@H]1CC(=O)O. The summed E-state index contributed by atoms with van der Waals surface area (Å²) in [5, 5.41) is 11.9. The van der Waals surface area contributed by atoms with E-state index in [1.807, 2.05) is 36.4 Å².